The monoisotopic (exact) mass is 178 g/mol. The maximum Gasteiger partial charge on any atom is 0.199 e. The molecule has 1 N–H and O–H groups in total. The van der Waals surface area contributed by atoms with Gasteiger partial charge in [0.1, 0.15) is 5.76 Å². The normalized spacial score (nSPS) is 26.6. The molecule has 0 aromatic carbocycles. The van der Waals surface area contributed by atoms with Crippen LogP contribution in [0.25, 0.3) is 0 Å². The maximum absolute atomic E-state index is 5.76. The molecule has 3 heteroatoms. The van der Waals surface area contributed by atoms with Crippen molar-refractivity contribution in [2.24, 2.45) is 0 Å². The van der Waals surface area contributed by atoms with Gasteiger partial charge >= 0.3 is 0 Å². The minimum absolute atomic E-state index is 0.533. The quantitative estimate of drug-likeness (QED) is 0.703. The highest BCUT2D eigenvalue weighted by atomic mass is 16.4. The molecule has 1 unspecified atom stereocenters. The Morgan fingerprint density at radius 1 is 1.38 bits per heavy atom. The van der Waals surface area contributed by atoms with Crippen molar-refractivity contribution >= 4 is 0 Å². The van der Waals surface area contributed by atoms with Crippen molar-refractivity contribution in [2.75, 3.05) is 13.1 Å². The van der Waals surface area contributed by atoms with Crippen LogP contribution in [-0.2, 0) is 12.8 Å². The number of fused-ring (bicyclic) bond motifs is 1. The molecule has 3 nitrogen and oxygen atoms in total. The van der Waals surface area contributed by atoms with Gasteiger partial charge in [-0.25, -0.2) is 4.98 Å². The van der Waals surface area contributed by atoms with Gasteiger partial charge in [0.25, 0.3) is 0 Å². The van der Waals surface area contributed by atoms with E-state index in [-0.39, 0.29) is 0 Å². The van der Waals surface area contributed by atoms with Crippen LogP contribution in [0.3, 0.4) is 0 Å². The summed E-state index contributed by atoms with van der Waals surface area (Å²) in [5, 5.41) is 3.34. The Bertz CT molecular complexity index is 291. The zero-order valence-corrected chi connectivity index (χ0v) is 7.68. The van der Waals surface area contributed by atoms with Crippen molar-refractivity contribution in [1.82, 2.24) is 10.3 Å². The summed E-state index contributed by atoms with van der Waals surface area (Å²) in [7, 11) is 0. The second kappa shape index (κ2) is 2.84. The third-order valence-corrected chi connectivity index (χ3v) is 3.02. The summed E-state index contributed by atoms with van der Waals surface area (Å²) in [4.78, 5) is 4.57. The molecule has 13 heavy (non-hydrogen) atoms. The number of hydrogen-bond acceptors (Lipinski definition) is 3. The standard InChI is InChI=1S/C10H14N2O/c1-2-8-9(3-1)13-10(12-8)7-4-5-11-6-7/h7,11H,1-6H2. The van der Waals surface area contributed by atoms with Gasteiger partial charge in [-0.1, -0.05) is 0 Å². The first-order valence-corrected chi connectivity index (χ1v) is 5.12. The predicted octanol–water partition coefficient (Wildman–Crippen LogP) is 1.24. The molecule has 1 aromatic rings. The van der Waals surface area contributed by atoms with Gasteiger partial charge in [0.2, 0.25) is 0 Å². The molecule has 1 aliphatic heterocycles. The van der Waals surface area contributed by atoms with Crippen LogP contribution < -0.4 is 5.32 Å². The van der Waals surface area contributed by atoms with Crippen LogP contribution in [0.4, 0.5) is 0 Å². The second-order valence-corrected chi connectivity index (χ2v) is 3.97. The molecule has 0 radical (unpaired) electrons. The summed E-state index contributed by atoms with van der Waals surface area (Å²) >= 11 is 0. The summed E-state index contributed by atoms with van der Waals surface area (Å²) < 4.78 is 5.76. The van der Waals surface area contributed by atoms with Crippen LogP contribution >= 0.6 is 0 Å². The molecule has 2 heterocycles. The first-order chi connectivity index (χ1) is 6.43. The number of oxazole rings is 1. The molecule has 0 spiro atoms. The molecule has 1 atom stereocenters. The molecule has 70 valence electrons. The highest BCUT2D eigenvalue weighted by Crippen LogP contribution is 2.28. The van der Waals surface area contributed by atoms with Gasteiger partial charge in [0.05, 0.1) is 5.69 Å². The van der Waals surface area contributed by atoms with Crippen LogP contribution in [0.2, 0.25) is 0 Å². The van der Waals surface area contributed by atoms with E-state index >= 15 is 0 Å². The van der Waals surface area contributed by atoms with Crippen LogP contribution in [0, 0.1) is 0 Å². The van der Waals surface area contributed by atoms with Crippen molar-refractivity contribution in [1.29, 1.82) is 0 Å². The summed E-state index contributed by atoms with van der Waals surface area (Å²) in [6.45, 7) is 2.15. The lowest BCUT2D eigenvalue weighted by atomic mass is 10.1. The smallest absolute Gasteiger partial charge is 0.199 e. The lowest BCUT2D eigenvalue weighted by Crippen LogP contribution is -2.08. The zero-order valence-electron chi connectivity index (χ0n) is 7.68. The average Bonchev–Trinajstić information content (AvgIpc) is 2.78. The summed E-state index contributed by atoms with van der Waals surface area (Å²) in [6, 6.07) is 0. The van der Waals surface area contributed by atoms with Crippen molar-refractivity contribution in [3.8, 4) is 0 Å². The van der Waals surface area contributed by atoms with Gasteiger partial charge in [0, 0.05) is 18.9 Å². The zero-order chi connectivity index (χ0) is 8.67. The van der Waals surface area contributed by atoms with Crippen molar-refractivity contribution < 1.29 is 4.42 Å². The molecule has 2 aliphatic rings. The van der Waals surface area contributed by atoms with Gasteiger partial charge in [-0.2, -0.15) is 0 Å². The van der Waals surface area contributed by atoms with Gasteiger partial charge in [-0.15, -0.1) is 0 Å². The summed E-state index contributed by atoms with van der Waals surface area (Å²) in [5.41, 5.74) is 1.22. The average molecular weight is 178 g/mol. The lowest BCUT2D eigenvalue weighted by Gasteiger charge is -2.01. The first-order valence-electron chi connectivity index (χ1n) is 5.12. The van der Waals surface area contributed by atoms with Crippen molar-refractivity contribution in [3.63, 3.8) is 0 Å². The molecule has 0 amide bonds. The number of hydrogen-bond donors (Lipinski definition) is 1. The Balaban J connectivity index is 1.88. The molecule has 0 saturated carbocycles. The van der Waals surface area contributed by atoms with Crippen LogP contribution in [0.1, 0.15) is 36.1 Å². The minimum atomic E-state index is 0.533. The molecular weight excluding hydrogens is 164 g/mol. The van der Waals surface area contributed by atoms with E-state index < -0.39 is 0 Å². The van der Waals surface area contributed by atoms with E-state index in [4.69, 9.17) is 4.42 Å². The van der Waals surface area contributed by atoms with Crippen LogP contribution in [0.5, 0.6) is 0 Å². The third kappa shape index (κ3) is 1.18. The molecular formula is C10H14N2O. The number of aryl methyl sites for hydroxylation is 2. The highest BCUT2D eigenvalue weighted by Gasteiger charge is 2.25. The number of nitrogens with zero attached hydrogens (tertiary/aromatic N) is 1. The lowest BCUT2D eigenvalue weighted by molar-refractivity contribution is 0.427. The van der Waals surface area contributed by atoms with Gasteiger partial charge in [-0.05, 0) is 25.8 Å². The fourth-order valence-corrected chi connectivity index (χ4v) is 2.25. The van der Waals surface area contributed by atoms with Gasteiger partial charge < -0.3 is 9.73 Å². The number of rotatable bonds is 1. The van der Waals surface area contributed by atoms with Crippen LogP contribution in [-0.4, -0.2) is 18.1 Å². The van der Waals surface area contributed by atoms with E-state index in [1.54, 1.807) is 0 Å². The minimum Gasteiger partial charge on any atom is -0.445 e. The molecule has 0 bridgehead atoms. The molecule has 1 aromatic heterocycles. The third-order valence-electron chi connectivity index (χ3n) is 3.02. The van der Waals surface area contributed by atoms with E-state index in [2.05, 4.69) is 10.3 Å². The molecule has 1 aliphatic carbocycles. The topological polar surface area (TPSA) is 38.1 Å². The van der Waals surface area contributed by atoms with E-state index in [0.717, 1.165) is 37.6 Å². The fraction of sp³-hybridized carbons (Fsp3) is 0.700. The van der Waals surface area contributed by atoms with Crippen molar-refractivity contribution in [3.05, 3.63) is 17.3 Å². The Kier molecular flexibility index (Phi) is 1.65. The fourth-order valence-electron chi connectivity index (χ4n) is 2.25. The van der Waals surface area contributed by atoms with E-state index in [1.807, 2.05) is 0 Å². The Labute approximate surface area is 77.5 Å². The number of aromatic nitrogens is 1. The number of nitrogens with one attached hydrogen (secondary N) is 1. The van der Waals surface area contributed by atoms with E-state index in [9.17, 15) is 0 Å². The summed E-state index contributed by atoms with van der Waals surface area (Å²) in [6.07, 6.45) is 4.63. The Morgan fingerprint density at radius 2 is 2.38 bits per heavy atom. The van der Waals surface area contributed by atoms with Gasteiger partial charge in [-0.3, -0.25) is 0 Å². The largest absolute Gasteiger partial charge is 0.445 e. The molecule has 1 saturated heterocycles. The first kappa shape index (κ1) is 7.56. The SMILES string of the molecule is C1Cc2nc(C3CCNC3)oc2C1. The molecule has 1 fully saturated rings. The highest BCUT2D eigenvalue weighted by molar-refractivity contribution is 5.17. The molecule has 3 rings (SSSR count). The van der Waals surface area contributed by atoms with E-state index in [1.165, 1.54) is 18.5 Å². The predicted molar refractivity (Wildman–Crippen MR) is 48.8 cm³/mol. The Morgan fingerprint density at radius 3 is 3.15 bits per heavy atom. The van der Waals surface area contributed by atoms with Gasteiger partial charge in [0.15, 0.2) is 5.89 Å². The van der Waals surface area contributed by atoms with Crippen LogP contribution in [0.15, 0.2) is 4.42 Å². The summed E-state index contributed by atoms with van der Waals surface area (Å²) in [5.74, 6) is 2.67. The van der Waals surface area contributed by atoms with E-state index in [0.29, 0.717) is 5.92 Å². The van der Waals surface area contributed by atoms with Crippen molar-refractivity contribution in [2.45, 2.75) is 31.6 Å². The Hall–Kier alpha value is -0.830. The second-order valence-electron chi connectivity index (χ2n) is 3.97. The maximum atomic E-state index is 5.76.